The molecule has 1 atom stereocenters. The Bertz CT molecular complexity index is 1590. The first-order chi connectivity index (χ1) is 22.9. The number of nitrogens with one attached hydrogen (secondary N) is 3. The van der Waals surface area contributed by atoms with Crippen LogP contribution in [0.3, 0.4) is 0 Å². The molecule has 3 fully saturated rings. The summed E-state index contributed by atoms with van der Waals surface area (Å²) in [5.41, 5.74) is 5.73. The minimum atomic E-state index is -0.925. The van der Waals surface area contributed by atoms with Crippen molar-refractivity contribution in [3.8, 4) is 0 Å². The number of hydrogen-bond donors (Lipinski definition) is 3. The van der Waals surface area contributed by atoms with Gasteiger partial charge in [-0.05, 0) is 67.9 Å². The van der Waals surface area contributed by atoms with Crippen LogP contribution in [0.4, 0.5) is 15.3 Å². The Hall–Kier alpha value is -4.16. The number of aromatic amines is 1. The van der Waals surface area contributed by atoms with E-state index in [4.69, 9.17) is 4.74 Å². The number of amides is 4. The van der Waals surface area contributed by atoms with Gasteiger partial charge in [0.25, 0.3) is 5.91 Å². The fourth-order valence-electron chi connectivity index (χ4n) is 7.81. The van der Waals surface area contributed by atoms with Gasteiger partial charge >= 0.3 is 12.1 Å². The van der Waals surface area contributed by atoms with E-state index in [0.717, 1.165) is 78.9 Å². The maximum absolute atomic E-state index is 14.1. The van der Waals surface area contributed by atoms with E-state index in [1.807, 2.05) is 47.1 Å². The van der Waals surface area contributed by atoms with Crippen LogP contribution in [-0.4, -0.2) is 125 Å². The topological polar surface area (TPSA) is 126 Å². The molecule has 3 N–H and O–H groups in total. The number of piperidine rings is 2. The third kappa shape index (κ3) is 6.94. The number of carbonyl (C=O) groups excluding carboxylic acids is 3. The average Bonchev–Trinajstić information content (AvgIpc) is 3.52. The molecule has 4 aliphatic heterocycles. The van der Waals surface area contributed by atoms with Crippen molar-refractivity contribution in [1.29, 1.82) is 0 Å². The summed E-state index contributed by atoms with van der Waals surface area (Å²) in [6.45, 7) is 9.00. The molecular weight excluding hydrogens is 596 g/mol. The Balaban J connectivity index is 1.00. The number of hydrogen-bond acceptors (Lipinski definition) is 7. The van der Waals surface area contributed by atoms with Crippen LogP contribution in [-0.2, 0) is 22.4 Å². The Morgan fingerprint density at radius 1 is 0.936 bits per heavy atom. The molecule has 250 valence electrons. The molecule has 0 spiro atoms. The van der Waals surface area contributed by atoms with Gasteiger partial charge in [0.05, 0.1) is 17.4 Å². The van der Waals surface area contributed by atoms with Crippen LogP contribution in [0.15, 0.2) is 42.7 Å². The number of anilines is 1. The van der Waals surface area contributed by atoms with E-state index in [0.29, 0.717) is 58.0 Å². The van der Waals surface area contributed by atoms with Crippen molar-refractivity contribution in [2.24, 2.45) is 0 Å². The molecule has 0 bridgehead atoms. The number of urea groups is 1. The van der Waals surface area contributed by atoms with Crippen LogP contribution in [0, 0.1) is 6.92 Å². The summed E-state index contributed by atoms with van der Waals surface area (Å²) >= 11 is 0. The quantitative estimate of drug-likeness (QED) is 0.377. The predicted octanol–water partition coefficient (Wildman–Crippen LogP) is 3.37. The van der Waals surface area contributed by atoms with Gasteiger partial charge in [-0.3, -0.25) is 9.69 Å². The number of rotatable bonds is 6. The van der Waals surface area contributed by atoms with Gasteiger partial charge in [-0.1, -0.05) is 24.3 Å². The molecular formula is C35H46N8O4. The molecule has 1 aromatic heterocycles. The molecule has 12 nitrogen and oxygen atoms in total. The molecule has 1 unspecified atom stereocenters. The van der Waals surface area contributed by atoms with E-state index >= 15 is 0 Å². The predicted molar refractivity (Wildman–Crippen MR) is 179 cm³/mol. The van der Waals surface area contributed by atoms with Crippen LogP contribution < -0.4 is 10.6 Å². The standard InChI is InChI=1S/C35H46N8O4/c1-24-20-25(21-30-32(24)38-23-37-30)22-31(33(44)41-13-7-27(8-14-41)40-18-11-36-12-19-40)47-35(46)42-15-9-28(10-16-42)43-17-6-26-4-2-3-5-29(26)39-34(43)45/h2-5,20-21,23,27-28,31,36H,6-19,22H2,1H3,(H,37,38)(H,39,45). The van der Waals surface area contributed by atoms with Crippen molar-refractivity contribution >= 4 is 34.8 Å². The summed E-state index contributed by atoms with van der Waals surface area (Å²) in [7, 11) is 0. The molecule has 4 amide bonds. The molecule has 3 aromatic rings. The number of aromatic nitrogens is 2. The van der Waals surface area contributed by atoms with Crippen molar-refractivity contribution < 1.29 is 19.1 Å². The smallest absolute Gasteiger partial charge is 0.410 e. The van der Waals surface area contributed by atoms with Gasteiger partial charge in [0.2, 0.25) is 0 Å². The highest BCUT2D eigenvalue weighted by molar-refractivity contribution is 5.91. The van der Waals surface area contributed by atoms with E-state index < -0.39 is 12.2 Å². The minimum Gasteiger partial charge on any atom is -0.436 e. The minimum absolute atomic E-state index is 0.0341. The first kappa shape index (κ1) is 31.4. The van der Waals surface area contributed by atoms with Crippen LogP contribution in [0.25, 0.3) is 11.0 Å². The number of carbonyl (C=O) groups is 3. The van der Waals surface area contributed by atoms with Crippen molar-refractivity contribution in [3.63, 3.8) is 0 Å². The summed E-state index contributed by atoms with van der Waals surface area (Å²) in [4.78, 5) is 56.4. The lowest BCUT2D eigenvalue weighted by atomic mass is 9.99. The largest absolute Gasteiger partial charge is 0.436 e. The van der Waals surface area contributed by atoms with Gasteiger partial charge < -0.3 is 35.1 Å². The van der Waals surface area contributed by atoms with Crippen molar-refractivity contribution in [3.05, 3.63) is 59.4 Å². The van der Waals surface area contributed by atoms with Gasteiger partial charge in [0.1, 0.15) is 0 Å². The third-order valence-corrected chi connectivity index (χ3v) is 10.5. The third-order valence-electron chi connectivity index (χ3n) is 10.5. The van der Waals surface area contributed by atoms with Crippen molar-refractivity contribution in [1.82, 2.24) is 34.9 Å². The fraction of sp³-hybridized carbons (Fsp3) is 0.543. The molecule has 4 aliphatic rings. The lowest BCUT2D eigenvalue weighted by Crippen LogP contribution is -2.54. The normalized spacial score (nSPS) is 20.9. The zero-order chi connectivity index (χ0) is 32.3. The van der Waals surface area contributed by atoms with E-state index in [-0.39, 0.29) is 18.0 Å². The van der Waals surface area contributed by atoms with Crippen molar-refractivity contribution in [2.45, 2.75) is 63.6 Å². The Labute approximate surface area is 275 Å². The van der Waals surface area contributed by atoms with Gasteiger partial charge in [-0.25, -0.2) is 14.6 Å². The van der Waals surface area contributed by atoms with E-state index in [1.165, 1.54) is 0 Å². The Morgan fingerprint density at radius 2 is 1.66 bits per heavy atom. The van der Waals surface area contributed by atoms with E-state index in [9.17, 15) is 14.4 Å². The Morgan fingerprint density at radius 3 is 2.45 bits per heavy atom. The summed E-state index contributed by atoms with van der Waals surface area (Å²) in [6, 6.07) is 12.4. The first-order valence-electron chi connectivity index (χ1n) is 17.2. The lowest BCUT2D eigenvalue weighted by Gasteiger charge is -2.41. The van der Waals surface area contributed by atoms with Gasteiger partial charge in [0, 0.05) is 83.1 Å². The number of benzene rings is 2. The molecule has 0 saturated carbocycles. The number of para-hydroxylation sites is 1. The number of piperazine rings is 1. The second kappa shape index (κ2) is 13.9. The van der Waals surface area contributed by atoms with Crippen LogP contribution in [0.5, 0.6) is 0 Å². The summed E-state index contributed by atoms with van der Waals surface area (Å²) in [5.74, 6) is -0.129. The van der Waals surface area contributed by atoms with Gasteiger partial charge in [0.15, 0.2) is 6.10 Å². The average molecular weight is 643 g/mol. The highest BCUT2D eigenvalue weighted by Gasteiger charge is 2.36. The van der Waals surface area contributed by atoms with Crippen molar-refractivity contribution in [2.75, 3.05) is 64.2 Å². The fourth-order valence-corrected chi connectivity index (χ4v) is 7.81. The molecule has 3 saturated heterocycles. The number of likely N-dealkylation sites (tertiary alicyclic amines) is 2. The number of H-pyrrole nitrogens is 1. The SMILES string of the molecule is Cc1cc(CC(OC(=O)N2CCC(N3CCc4ccccc4NC3=O)CC2)C(=O)N2CCC(N3CCNCC3)CC2)cc2[nH]cnc12. The Kier molecular flexibility index (Phi) is 9.30. The monoisotopic (exact) mass is 642 g/mol. The number of imidazole rings is 1. The second-order valence-corrected chi connectivity index (χ2v) is 13.4. The highest BCUT2D eigenvalue weighted by atomic mass is 16.6. The molecule has 47 heavy (non-hydrogen) atoms. The van der Waals surface area contributed by atoms with Crippen LogP contribution >= 0.6 is 0 Å². The van der Waals surface area contributed by atoms with Crippen LogP contribution in [0.1, 0.15) is 42.4 Å². The second-order valence-electron chi connectivity index (χ2n) is 13.4. The molecule has 12 heteroatoms. The molecule has 0 radical (unpaired) electrons. The number of fused-ring (bicyclic) bond motifs is 2. The molecule has 2 aromatic carbocycles. The van der Waals surface area contributed by atoms with Gasteiger partial charge in [-0.15, -0.1) is 0 Å². The molecule has 0 aliphatic carbocycles. The van der Waals surface area contributed by atoms with Gasteiger partial charge in [-0.2, -0.15) is 0 Å². The van der Waals surface area contributed by atoms with E-state index in [2.05, 4.69) is 31.6 Å². The van der Waals surface area contributed by atoms with E-state index in [1.54, 1.807) is 11.2 Å². The summed E-state index contributed by atoms with van der Waals surface area (Å²) in [6.07, 6.45) is 4.53. The maximum Gasteiger partial charge on any atom is 0.410 e. The summed E-state index contributed by atoms with van der Waals surface area (Å²) < 4.78 is 6.11. The van der Waals surface area contributed by atoms with Crippen LogP contribution in [0.2, 0.25) is 0 Å². The summed E-state index contributed by atoms with van der Waals surface area (Å²) in [5, 5.41) is 6.48. The highest BCUT2D eigenvalue weighted by Crippen LogP contribution is 2.26. The first-order valence-corrected chi connectivity index (χ1v) is 17.2. The molecule has 5 heterocycles. The number of ether oxygens (including phenoxy) is 1. The zero-order valence-electron chi connectivity index (χ0n) is 27.2. The lowest BCUT2D eigenvalue weighted by molar-refractivity contribution is -0.142. The molecule has 7 rings (SSSR count). The number of nitrogens with zero attached hydrogens (tertiary/aromatic N) is 5. The number of aryl methyl sites for hydroxylation is 1. The zero-order valence-corrected chi connectivity index (χ0v) is 27.2. The maximum atomic E-state index is 14.1.